The number of benzene rings is 1. The van der Waals surface area contributed by atoms with Crippen LogP contribution in [0.3, 0.4) is 0 Å². The average Bonchev–Trinajstić information content (AvgIpc) is 2.74. The maximum Gasteiger partial charge on any atom is 0.0830 e. The average molecular weight is 207 g/mol. The molecule has 1 aromatic rings. The molecule has 1 unspecified atom stereocenters. The second-order valence-corrected chi connectivity index (χ2v) is 3.81. The minimum atomic E-state index is 0.287. The molecule has 1 aromatic carbocycles. The number of ether oxygens (including phenoxy) is 2. The van der Waals surface area contributed by atoms with E-state index >= 15 is 0 Å². The van der Waals surface area contributed by atoms with Crippen LogP contribution in [0.15, 0.2) is 24.3 Å². The van der Waals surface area contributed by atoms with Crippen molar-refractivity contribution in [3.05, 3.63) is 29.8 Å². The Hall–Kier alpha value is -1.06. The van der Waals surface area contributed by atoms with E-state index in [1.807, 2.05) is 24.3 Å². The van der Waals surface area contributed by atoms with E-state index in [0.29, 0.717) is 0 Å². The van der Waals surface area contributed by atoms with Crippen LogP contribution >= 0.6 is 0 Å². The molecule has 3 heteroatoms. The lowest BCUT2D eigenvalue weighted by Crippen LogP contribution is -2.14. The number of anilines is 1. The van der Waals surface area contributed by atoms with Crippen molar-refractivity contribution in [1.82, 2.24) is 0 Å². The van der Waals surface area contributed by atoms with Crippen LogP contribution in [0.1, 0.15) is 12.0 Å². The third-order valence-electron chi connectivity index (χ3n) is 2.67. The predicted molar refractivity (Wildman–Crippen MR) is 59.7 cm³/mol. The van der Waals surface area contributed by atoms with Gasteiger partial charge in [0, 0.05) is 12.3 Å². The molecule has 0 aromatic heterocycles. The molecular weight excluding hydrogens is 190 g/mol. The smallest absolute Gasteiger partial charge is 0.0830 e. The summed E-state index contributed by atoms with van der Waals surface area (Å²) in [6.07, 6.45) is 2.18. The topological polar surface area (TPSA) is 44.5 Å². The lowest BCUT2D eigenvalue weighted by atomic mass is 10.1. The van der Waals surface area contributed by atoms with Gasteiger partial charge in [-0.25, -0.2) is 0 Å². The highest BCUT2D eigenvalue weighted by molar-refractivity contribution is 5.46. The maximum absolute atomic E-state index is 5.83. The van der Waals surface area contributed by atoms with Crippen molar-refractivity contribution in [2.24, 2.45) is 0 Å². The summed E-state index contributed by atoms with van der Waals surface area (Å²) in [5.41, 5.74) is 7.85. The highest BCUT2D eigenvalue weighted by Crippen LogP contribution is 2.13. The quantitative estimate of drug-likeness (QED) is 0.763. The highest BCUT2D eigenvalue weighted by Gasteiger charge is 2.15. The minimum Gasteiger partial charge on any atom is -0.399 e. The predicted octanol–water partition coefficient (Wildman–Crippen LogP) is 1.62. The number of hydrogen-bond acceptors (Lipinski definition) is 3. The molecule has 1 aliphatic heterocycles. The zero-order chi connectivity index (χ0) is 10.5. The van der Waals surface area contributed by atoms with Crippen LogP contribution in [0.4, 0.5) is 5.69 Å². The molecule has 1 fully saturated rings. The molecule has 0 amide bonds. The van der Waals surface area contributed by atoms with Gasteiger partial charge in [-0.2, -0.15) is 0 Å². The van der Waals surface area contributed by atoms with E-state index in [2.05, 4.69) is 0 Å². The second kappa shape index (κ2) is 5.14. The summed E-state index contributed by atoms with van der Waals surface area (Å²) < 4.78 is 10.9. The van der Waals surface area contributed by atoms with Crippen molar-refractivity contribution in [3.63, 3.8) is 0 Å². The van der Waals surface area contributed by atoms with Crippen LogP contribution in [0.5, 0.6) is 0 Å². The van der Waals surface area contributed by atoms with Crippen molar-refractivity contribution >= 4 is 5.69 Å². The molecule has 1 saturated heterocycles. The maximum atomic E-state index is 5.83. The molecule has 82 valence electrons. The van der Waals surface area contributed by atoms with E-state index in [1.165, 1.54) is 0 Å². The Morgan fingerprint density at radius 3 is 3.00 bits per heavy atom. The molecule has 2 N–H and O–H groups in total. The Balaban J connectivity index is 1.75. The first kappa shape index (κ1) is 10.5. The Morgan fingerprint density at radius 2 is 2.27 bits per heavy atom. The molecule has 2 rings (SSSR count). The molecule has 3 nitrogen and oxygen atoms in total. The third kappa shape index (κ3) is 2.94. The fourth-order valence-electron chi connectivity index (χ4n) is 1.74. The molecular formula is C12H17NO2. The van der Waals surface area contributed by atoms with E-state index in [9.17, 15) is 0 Å². The molecule has 0 radical (unpaired) electrons. The zero-order valence-electron chi connectivity index (χ0n) is 8.82. The van der Waals surface area contributed by atoms with Gasteiger partial charge in [-0.1, -0.05) is 18.2 Å². The van der Waals surface area contributed by atoms with Gasteiger partial charge >= 0.3 is 0 Å². The molecule has 0 spiro atoms. The number of nitrogen functional groups attached to an aromatic ring is 1. The van der Waals surface area contributed by atoms with Gasteiger partial charge in [0.25, 0.3) is 0 Å². The second-order valence-electron chi connectivity index (χ2n) is 3.81. The molecule has 0 saturated carbocycles. The monoisotopic (exact) mass is 207 g/mol. The molecule has 1 heterocycles. The Kier molecular flexibility index (Phi) is 3.59. The van der Waals surface area contributed by atoms with E-state index in [1.54, 1.807) is 0 Å². The largest absolute Gasteiger partial charge is 0.399 e. The summed E-state index contributed by atoms with van der Waals surface area (Å²) in [5, 5.41) is 0. The molecule has 0 bridgehead atoms. The van der Waals surface area contributed by atoms with Crippen LogP contribution in [-0.4, -0.2) is 25.9 Å². The molecule has 15 heavy (non-hydrogen) atoms. The van der Waals surface area contributed by atoms with E-state index in [4.69, 9.17) is 15.2 Å². The Morgan fingerprint density at radius 1 is 1.40 bits per heavy atom. The van der Waals surface area contributed by atoms with E-state index in [-0.39, 0.29) is 6.10 Å². The van der Waals surface area contributed by atoms with E-state index < -0.39 is 0 Å². The van der Waals surface area contributed by atoms with Crippen LogP contribution in [0.25, 0.3) is 0 Å². The molecule has 0 aliphatic carbocycles. The molecule has 1 aliphatic rings. The summed E-state index contributed by atoms with van der Waals surface area (Å²) in [7, 11) is 0. The van der Waals surface area contributed by atoms with Crippen LogP contribution < -0.4 is 5.73 Å². The summed E-state index contributed by atoms with van der Waals surface area (Å²) in [5.74, 6) is 0. The SMILES string of the molecule is Nc1ccccc1CCOC1CCOC1. The van der Waals surface area contributed by atoms with Crippen LogP contribution in [0.2, 0.25) is 0 Å². The fraction of sp³-hybridized carbons (Fsp3) is 0.500. The van der Waals surface area contributed by atoms with Crippen molar-refractivity contribution in [3.8, 4) is 0 Å². The van der Waals surface area contributed by atoms with Gasteiger partial charge < -0.3 is 15.2 Å². The van der Waals surface area contributed by atoms with Gasteiger partial charge in [0.15, 0.2) is 0 Å². The summed E-state index contributed by atoms with van der Waals surface area (Å²) in [6, 6.07) is 7.92. The van der Waals surface area contributed by atoms with Gasteiger partial charge in [0.1, 0.15) is 0 Å². The summed E-state index contributed by atoms with van der Waals surface area (Å²) >= 11 is 0. The Labute approximate surface area is 90.2 Å². The lowest BCUT2D eigenvalue weighted by molar-refractivity contribution is 0.0447. The Bertz CT molecular complexity index is 308. The van der Waals surface area contributed by atoms with Gasteiger partial charge in [-0.15, -0.1) is 0 Å². The number of para-hydroxylation sites is 1. The van der Waals surface area contributed by atoms with E-state index in [0.717, 1.165) is 43.9 Å². The first-order chi connectivity index (χ1) is 7.36. The molecule has 1 atom stereocenters. The van der Waals surface area contributed by atoms with Gasteiger partial charge in [-0.3, -0.25) is 0 Å². The van der Waals surface area contributed by atoms with Gasteiger partial charge in [-0.05, 0) is 24.5 Å². The normalized spacial score (nSPS) is 20.7. The first-order valence-electron chi connectivity index (χ1n) is 5.39. The zero-order valence-corrected chi connectivity index (χ0v) is 8.82. The summed E-state index contributed by atoms with van der Waals surface area (Å²) in [6.45, 7) is 2.30. The third-order valence-corrected chi connectivity index (χ3v) is 2.67. The number of rotatable bonds is 4. The van der Waals surface area contributed by atoms with Crippen molar-refractivity contribution in [1.29, 1.82) is 0 Å². The summed E-state index contributed by atoms with van der Waals surface area (Å²) in [4.78, 5) is 0. The van der Waals surface area contributed by atoms with Crippen LogP contribution in [0, 0.1) is 0 Å². The lowest BCUT2D eigenvalue weighted by Gasteiger charge is -2.10. The van der Waals surface area contributed by atoms with Crippen molar-refractivity contribution in [2.75, 3.05) is 25.6 Å². The van der Waals surface area contributed by atoms with Gasteiger partial charge in [0.05, 0.1) is 19.3 Å². The minimum absolute atomic E-state index is 0.287. The van der Waals surface area contributed by atoms with Crippen LogP contribution in [-0.2, 0) is 15.9 Å². The van der Waals surface area contributed by atoms with Crippen molar-refractivity contribution < 1.29 is 9.47 Å². The fourth-order valence-corrected chi connectivity index (χ4v) is 1.74. The first-order valence-corrected chi connectivity index (χ1v) is 5.39. The number of hydrogen-bond donors (Lipinski definition) is 1. The van der Waals surface area contributed by atoms with Crippen molar-refractivity contribution in [2.45, 2.75) is 18.9 Å². The standard InChI is InChI=1S/C12H17NO2/c13-12-4-2-1-3-10(12)5-8-15-11-6-7-14-9-11/h1-4,11H,5-9,13H2. The number of nitrogens with two attached hydrogens (primary N) is 1. The highest BCUT2D eigenvalue weighted by atomic mass is 16.5. The van der Waals surface area contributed by atoms with Gasteiger partial charge in [0.2, 0.25) is 0 Å².